The summed E-state index contributed by atoms with van der Waals surface area (Å²) in [6.45, 7) is 0. The maximum absolute atomic E-state index is 11.6. The fourth-order valence-corrected chi connectivity index (χ4v) is 1.84. The number of amides is 1. The van der Waals surface area contributed by atoms with Crippen molar-refractivity contribution in [1.29, 1.82) is 0 Å². The molecule has 1 amide bonds. The van der Waals surface area contributed by atoms with Gasteiger partial charge in [0.2, 0.25) is 5.91 Å². The van der Waals surface area contributed by atoms with E-state index >= 15 is 0 Å². The second-order valence-corrected chi connectivity index (χ2v) is 4.36. The summed E-state index contributed by atoms with van der Waals surface area (Å²) >= 11 is 5.56. The lowest BCUT2D eigenvalue weighted by Crippen LogP contribution is -2.11. The molecule has 94 valence electrons. The predicted molar refractivity (Wildman–Crippen MR) is 74.4 cm³/mol. The largest absolute Gasteiger partial charge is 0.326 e. The first-order valence-electron chi connectivity index (χ1n) is 5.89. The number of nitrogens with one attached hydrogen (secondary N) is 1. The van der Waals surface area contributed by atoms with Crippen LogP contribution in [0.5, 0.6) is 0 Å². The molecule has 2 aromatic rings. The van der Waals surface area contributed by atoms with E-state index in [0.717, 1.165) is 11.4 Å². The van der Waals surface area contributed by atoms with Crippen LogP contribution < -0.4 is 5.32 Å². The minimum absolute atomic E-state index is 0.000283. The van der Waals surface area contributed by atoms with E-state index in [-0.39, 0.29) is 5.91 Å². The highest BCUT2D eigenvalue weighted by Crippen LogP contribution is 2.15. The van der Waals surface area contributed by atoms with Gasteiger partial charge >= 0.3 is 0 Å². The average molecular weight is 263 g/mol. The molecule has 2 rings (SSSR count). The zero-order valence-electron chi connectivity index (χ0n) is 9.97. The lowest BCUT2D eigenvalue weighted by Gasteiger charge is -2.08. The van der Waals surface area contributed by atoms with E-state index in [4.69, 9.17) is 11.6 Å². The Labute approximate surface area is 111 Å². The average Bonchev–Trinajstić information content (AvgIpc) is 2.90. The smallest absolute Gasteiger partial charge is 0.224 e. The van der Waals surface area contributed by atoms with E-state index in [2.05, 4.69) is 5.32 Å². The second kappa shape index (κ2) is 6.26. The third kappa shape index (κ3) is 3.37. The highest BCUT2D eigenvalue weighted by molar-refractivity contribution is 6.18. The molecule has 1 aromatic carbocycles. The highest BCUT2D eigenvalue weighted by Gasteiger charge is 2.02. The molecular formula is C14H15ClN2O. The first kappa shape index (κ1) is 12.7. The number of benzene rings is 1. The van der Waals surface area contributed by atoms with Crippen LogP contribution in [0.25, 0.3) is 5.69 Å². The van der Waals surface area contributed by atoms with Gasteiger partial charge in [0.05, 0.1) is 0 Å². The maximum atomic E-state index is 11.6. The number of hydrogen-bond donors (Lipinski definition) is 1. The van der Waals surface area contributed by atoms with Crippen LogP contribution in [0.2, 0.25) is 0 Å². The lowest BCUT2D eigenvalue weighted by molar-refractivity contribution is -0.116. The monoisotopic (exact) mass is 262 g/mol. The fourth-order valence-electron chi connectivity index (χ4n) is 1.70. The third-order valence-corrected chi connectivity index (χ3v) is 2.84. The van der Waals surface area contributed by atoms with Crippen LogP contribution in [0.3, 0.4) is 0 Å². The molecule has 0 bridgehead atoms. The molecule has 0 fully saturated rings. The van der Waals surface area contributed by atoms with Gasteiger partial charge in [0.25, 0.3) is 0 Å². The molecule has 0 atom stereocenters. The summed E-state index contributed by atoms with van der Waals surface area (Å²) in [5.74, 6) is 0.511. The van der Waals surface area contributed by atoms with Crippen LogP contribution in [0, 0.1) is 0 Å². The fraction of sp³-hybridized carbons (Fsp3) is 0.214. The highest BCUT2D eigenvalue weighted by atomic mass is 35.5. The van der Waals surface area contributed by atoms with E-state index in [1.54, 1.807) is 0 Å². The van der Waals surface area contributed by atoms with Crippen molar-refractivity contribution in [1.82, 2.24) is 4.57 Å². The van der Waals surface area contributed by atoms with E-state index < -0.39 is 0 Å². The van der Waals surface area contributed by atoms with Crippen molar-refractivity contribution in [2.45, 2.75) is 12.8 Å². The molecule has 0 radical (unpaired) electrons. The third-order valence-electron chi connectivity index (χ3n) is 2.57. The van der Waals surface area contributed by atoms with Crippen molar-refractivity contribution in [3.05, 3.63) is 48.8 Å². The molecule has 1 N–H and O–H groups in total. The zero-order chi connectivity index (χ0) is 12.8. The SMILES string of the molecule is O=C(CCCCl)Nc1cccc(-n2cccc2)c1. The molecule has 4 heteroatoms. The number of carbonyl (C=O) groups is 1. The van der Waals surface area contributed by atoms with Crippen molar-refractivity contribution in [3.8, 4) is 5.69 Å². The van der Waals surface area contributed by atoms with Crippen molar-refractivity contribution in [3.63, 3.8) is 0 Å². The van der Waals surface area contributed by atoms with Crippen LogP contribution in [-0.4, -0.2) is 16.4 Å². The Kier molecular flexibility index (Phi) is 4.42. The summed E-state index contributed by atoms with van der Waals surface area (Å²) in [7, 11) is 0. The number of anilines is 1. The number of halogens is 1. The van der Waals surface area contributed by atoms with Gasteiger partial charge in [-0.25, -0.2) is 0 Å². The summed E-state index contributed by atoms with van der Waals surface area (Å²) in [6.07, 6.45) is 5.09. The van der Waals surface area contributed by atoms with Gasteiger partial charge in [-0.2, -0.15) is 0 Å². The van der Waals surface area contributed by atoms with Gasteiger partial charge in [0.1, 0.15) is 0 Å². The molecule has 18 heavy (non-hydrogen) atoms. The Morgan fingerprint density at radius 3 is 2.72 bits per heavy atom. The van der Waals surface area contributed by atoms with Gasteiger partial charge in [-0.05, 0) is 36.8 Å². The molecule has 0 spiro atoms. The molecule has 0 aliphatic heterocycles. The van der Waals surface area contributed by atoms with Crippen molar-refractivity contribution in [2.24, 2.45) is 0 Å². The van der Waals surface area contributed by atoms with Crippen molar-refractivity contribution in [2.75, 3.05) is 11.2 Å². The minimum atomic E-state index is 0.000283. The predicted octanol–water partition coefficient (Wildman–Crippen LogP) is 3.43. The number of aromatic nitrogens is 1. The Bertz CT molecular complexity index is 508. The van der Waals surface area contributed by atoms with Gasteiger partial charge in [0.15, 0.2) is 0 Å². The Morgan fingerprint density at radius 1 is 1.22 bits per heavy atom. The molecule has 1 heterocycles. The summed E-state index contributed by atoms with van der Waals surface area (Å²) < 4.78 is 1.99. The van der Waals surface area contributed by atoms with Gasteiger partial charge in [-0.15, -0.1) is 11.6 Å². The standard InChI is InChI=1S/C14H15ClN2O/c15-8-4-7-14(18)16-12-5-3-6-13(11-12)17-9-1-2-10-17/h1-3,5-6,9-11H,4,7-8H2,(H,16,18). The number of carbonyl (C=O) groups excluding carboxylic acids is 1. The molecule has 0 aliphatic rings. The van der Waals surface area contributed by atoms with Gasteiger partial charge in [-0.3, -0.25) is 4.79 Å². The van der Waals surface area contributed by atoms with Crippen molar-refractivity contribution < 1.29 is 4.79 Å². The first-order valence-corrected chi connectivity index (χ1v) is 6.42. The molecular weight excluding hydrogens is 248 g/mol. The second-order valence-electron chi connectivity index (χ2n) is 3.98. The summed E-state index contributed by atoms with van der Waals surface area (Å²) in [5, 5.41) is 2.87. The van der Waals surface area contributed by atoms with Gasteiger partial charge < -0.3 is 9.88 Å². The molecule has 0 saturated carbocycles. The quantitative estimate of drug-likeness (QED) is 0.823. The first-order chi connectivity index (χ1) is 8.79. The molecule has 3 nitrogen and oxygen atoms in total. The number of rotatable bonds is 5. The molecule has 0 aliphatic carbocycles. The van der Waals surface area contributed by atoms with Crippen molar-refractivity contribution >= 4 is 23.2 Å². The maximum Gasteiger partial charge on any atom is 0.224 e. The van der Waals surface area contributed by atoms with Gasteiger partial charge in [-0.1, -0.05) is 6.07 Å². The number of nitrogens with zero attached hydrogens (tertiary/aromatic N) is 1. The van der Waals surface area contributed by atoms with Crippen LogP contribution in [-0.2, 0) is 4.79 Å². The zero-order valence-corrected chi connectivity index (χ0v) is 10.7. The van der Waals surface area contributed by atoms with Crippen LogP contribution in [0.1, 0.15) is 12.8 Å². The van der Waals surface area contributed by atoms with Gasteiger partial charge in [0, 0.05) is 36.1 Å². The topological polar surface area (TPSA) is 34.0 Å². The van der Waals surface area contributed by atoms with Crippen LogP contribution in [0.4, 0.5) is 5.69 Å². The normalized spacial score (nSPS) is 10.3. The van der Waals surface area contributed by atoms with E-state index in [9.17, 15) is 4.79 Å². The Hall–Kier alpha value is -1.74. The molecule has 0 unspecified atom stereocenters. The number of hydrogen-bond acceptors (Lipinski definition) is 1. The van der Waals surface area contributed by atoms with E-state index in [1.165, 1.54) is 0 Å². The van der Waals surface area contributed by atoms with E-state index in [0.29, 0.717) is 18.7 Å². The van der Waals surface area contributed by atoms with Crippen LogP contribution in [0.15, 0.2) is 48.8 Å². The molecule has 0 saturated heterocycles. The summed E-state index contributed by atoms with van der Waals surface area (Å²) in [4.78, 5) is 11.6. The minimum Gasteiger partial charge on any atom is -0.326 e. The lowest BCUT2D eigenvalue weighted by atomic mass is 10.2. The van der Waals surface area contributed by atoms with Crippen LogP contribution >= 0.6 is 11.6 Å². The Morgan fingerprint density at radius 2 is 2.00 bits per heavy atom. The number of alkyl halides is 1. The van der Waals surface area contributed by atoms with E-state index in [1.807, 2.05) is 53.4 Å². The molecule has 1 aromatic heterocycles. The summed E-state index contributed by atoms with van der Waals surface area (Å²) in [5.41, 5.74) is 1.83. The Balaban J connectivity index is 2.06. The summed E-state index contributed by atoms with van der Waals surface area (Å²) in [6, 6.07) is 11.7.